The van der Waals surface area contributed by atoms with Crippen LogP contribution in [0.4, 0.5) is 0 Å². The Kier molecular flexibility index (Phi) is 8.25. The first-order chi connectivity index (χ1) is 13.9. The third kappa shape index (κ3) is 6.08. The lowest BCUT2D eigenvalue weighted by Gasteiger charge is -2.30. The second kappa shape index (κ2) is 10.6. The van der Waals surface area contributed by atoms with Gasteiger partial charge in [0.2, 0.25) is 5.91 Å². The molecule has 0 aliphatic rings. The average Bonchev–Trinajstić information content (AvgIpc) is 2.72. The molecular formula is C24H32N2O3. The fourth-order valence-corrected chi connectivity index (χ4v) is 3.44. The molecule has 0 aromatic heterocycles. The van der Waals surface area contributed by atoms with E-state index >= 15 is 0 Å². The van der Waals surface area contributed by atoms with Gasteiger partial charge in [-0.1, -0.05) is 43.3 Å². The van der Waals surface area contributed by atoms with Gasteiger partial charge >= 0.3 is 0 Å². The summed E-state index contributed by atoms with van der Waals surface area (Å²) in [6, 6.07) is 13.5. The monoisotopic (exact) mass is 396 g/mol. The topological polar surface area (TPSA) is 58.6 Å². The number of hydrogen-bond acceptors (Lipinski definition) is 3. The number of nitrogens with one attached hydrogen (secondary N) is 1. The SMILES string of the molecule is CC[C@H](C(=O)NC)N(CCc1ccccc1)C(=O)COc1cc(C)cc(C)c1C. The van der Waals surface area contributed by atoms with Gasteiger partial charge in [0.05, 0.1) is 0 Å². The second-order valence-electron chi connectivity index (χ2n) is 7.35. The minimum Gasteiger partial charge on any atom is -0.483 e. The van der Waals surface area contributed by atoms with Crippen LogP contribution in [0.3, 0.4) is 0 Å². The highest BCUT2D eigenvalue weighted by molar-refractivity contribution is 5.88. The highest BCUT2D eigenvalue weighted by atomic mass is 16.5. The zero-order valence-electron chi connectivity index (χ0n) is 18.1. The van der Waals surface area contributed by atoms with Crippen LogP contribution in [-0.2, 0) is 16.0 Å². The summed E-state index contributed by atoms with van der Waals surface area (Å²) in [6.07, 6.45) is 1.23. The first-order valence-corrected chi connectivity index (χ1v) is 10.1. The van der Waals surface area contributed by atoms with E-state index in [0.29, 0.717) is 25.1 Å². The summed E-state index contributed by atoms with van der Waals surface area (Å²) in [5.74, 6) is 0.373. The molecule has 2 rings (SSSR count). The number of carbonyl (C=O) groups is 2. The second-order valence-corrected chi connectivity index (χ2v) is 7.35. The summed E-state index contributed by atoms with van der Waals surface area (Å²) >= 11 is 0. The fourth-order valence-electron chi connectivity index (χ4n) is 3.44. The number of amides is 2. The van der Waals surface area contributed by atoms with E-state index in [4.69, 9.17) is 4.74 Å². The molecule has 0 spiro atoms. The van der Waals surface area contributed by atoms with E-state index in [2.05, 4.69) is 11.4 Å². The van der Waals surface area contributed by atoms with Crippen molar-refractivity contribution < 1.29 is 14.3 Å². The zero-order chi connectivity index (χ0) is 21.4. The number of likely N-dealkylation sites (N-methyl/N-ethyl adjacent to an activating group) is 1. The number of carbonyl (C=O) groups excluding carboxylic acids is 2. The van der Waals surface area contributed by atoms with Crippen LogP contribution in [0.5, 0.6) is 5.75 Å². The van der Waals surface area contributed by atoms with Gasteiger partial charge in [0.1, 0.15) is 11.8 Å². The Balaban J connectivity index is 2.15. The van der Waals surface area contributed by atoms with Gasteiger partial charge < -0.3 is 15.0 Å². The molecule has 2 aromatic rings. The molecule has 0 unspecified atom stereocenters. The maximum atomic E-state index is 13.1. The molecule has 0 fully saturated rings. The molecule has 0 bridgehead atoms. The summed E-state index contributed by atoms with van der Waals surface area (Å²) in [6.45, 7) is 8.31. The Morgan fingerprint density at radius 2 is 1.79 bits per heavy atom. The van der Waals surface area contributed by atoms with Gasteiger partial charge in [-0.2, -0.15) is 0 Å². The van der Waals surface area contributed by atoms with Crippen molar-refractivity contribution in [3.8, 4) is 5.75 Å². The van der Waals surface area contributed by atoms with Gasteiger partial charge in [-0.15, -0.1) is 0 Å². The third-order valence-corrected chi connectivity index (χ3v) is 5.23. The molecule has 0 aliphatic carbocycles. The molecule has 0 radical (unpaired) electrons. The van der Waals surface area contributed by atoms with Crippen LogP contribution < -0.4 is 10.1 Å². The number of nitrogens with zero attached hydrogens (tertiary/aromatic N) is 1. The van der Waals surface area contributed by atoms with Gasteiger partial charge in [-0.3, -0.25) is 9.59 Å². The summed E-state index contributed by atoms with van der Waals surface area (Å²) < 4.78 is 5.88. The fraction of sp³-hybridized carbons (Fsp3) is 0.417. The van der Waals surface area contributed by atoms with Crippen LogP contribution in [0.25, 0.3) is 0 Å². The van der Waals surface area contributed by atoms with Crippen molar-refractivity contribution in [3.05, 3.63) is 64.7 Å². The standard InChI is InChI=1S/C24H32N2O3/c1-6-21(24(28)25-5)26(13-12-20-10-8-7-9-11-20)23(27)16-29-22-15-17(2)14-18(3)19(22)4/h7-11,14-15,21H,6,12-13,16H2,1-5H3,(H,25,28)/t21-/m1/s1. The molecular weight excluding hydrogens is 364 g/mol. The Morgan fingerprint density at radius 3 is 2.41 bits per heavy atom. The van der Waals surface area contributed by atoms with E-state index in [0.717, 1.165) is 22.3 Å². The van der Waals surface area contributed by atoms with E-state index in [1.165, 1.54) is 0 Å². The lowest BCUT2D eigenvalue weighted by atomic mass is 10.1. The Bertz CT molecular complexity index is 834. The van der Waals surface area contributed by atoms with Gasteiger partial charge in [0.25, 0.3) is 5.91 Å². The number of ether oxygens (including phenoxy) is 1. The predicted octanol–water partition coefficient (Wildman–Crippen LogP) is 3.59. The van der Waals surface area contributed by atoms with Crippen LogP contribution >= 0.6 is 0 Å². The first-order valence-electron chi connectivity index (χ1n) is 10.1. The predicted molar refractivity (Wildman–Crippen MR) is 116 cm³/mol. The molecule has 0 saturated heterocycles. The van der Waals surface area contributed by atoms with Crippen LogP contribution in [0.1, 0.15) is 35.6 Å². The molecule has 5 heteroatoms. The van der Waals surface area contributed by atoms with Crippen molar-refractivity contribution >= 4 is 11.8 Å². The molecule has 2 aromatic carbocycles. The molecule has 156 valence electrons. The van der Waals surface area contributed by atoms with Crippen LogP contribution in [0.15, 0.2) is 42.5 Å². The Labute approximate surface area is 174 Å². The minimum absolute atomic E-state index is 0.0913. The van der Waals surface area contributed by atoms with Crippen molar-refractivity contribution in [2.45, 2.75) is 46.6 Å². The van der Waals surface area contributed by atoms with Crippen LogP contribution in [0.2, 0.25) is 0 Å². The van der Waals surface area contributed by atoms with E-state index in [9.17, 15) is 9.59 Å². The number of hydrogen-bond donors (Lipinski definition) is 1. The Morgan fingerprint density at radius 1 is 1.10 bits per heavy atom. The van der Waals surface area contributed by atoms with Crippen molar-refractivity contribution in [3.63, 3.8) is 0 Å². The maximum absolute atomic E-state index is 13.1. The largest absolute Gasteiger partial charge is 0.483 e. The van der Waals surface area contributed by atoms with E-state index in [1.54, 1.807) is 11.9 Å². The summed E-state index contributed by atoms with van der Waals surface area (Å²) in [5.41, 5.74) is 4.37. The van der Waals surface area contributed by atoms with Crippen molar-refractivity contribution in [2.75, 3.05) is 20.2 Å². The quantitative estimate of drug-likeness (QED) is 0.705. The molecule has 29 heavy (non-hydrogen) atoms. The molecule has 0 saturated carbocycles. The molecule has 2 amide bonds. The van der Waals surface area contributed by atoms with Gasteiger partial charge in [0.15, 0.2) is 6.61 Å². The van der Waals surface area contributed by atoms with E-state index in [-0.39, 0.29) is 18.4 Å². The maximum Gasteiger partial charge on any atom is 0.261 e. The number of benzene rings is 2. The summed E-state index contributed by atoms with van der Waals surface area (Å²) in [5, 5.41) is 2.67. The normalized spacial score (nSPS) is 11.6. The molecule has 1 atom stereocenters. The van der Waals surface area contributed by atoms with E-state index < -0.39 is 6.04 Å². The smallest absolute Gasteiger partial charge is 0.261 e. The third-order valence-electron chi connectivity index (χ3n) is 5.23. The van der Waals surface area contributed by atoms with Crippen LogP contribution in [-0.4, -0.2) is 43.0 Å². The zero-order valence-corrected chi connectivity index (χ0v) is 18.1. The van der Waals surface area contributed by atoms with Crippen molar-refractivity contribution in [1.29, 1.82) is 0 Å². The summed E-state index contributed by atoms with van der Waals surface area (Å²) in [4.78, 5) is 27.1. The van der Waals surface area contributed by atoms with Crippen molar-refractivity contribution in [1.82, 2.24) is 10.2 Å². The molecule has 1 N–H and O–H groups in total. The van der Waals surface area contributed by atoms with Gasteiger partial charge in [-0.25, -0.2) is 0 Å². The number of aryl methyl sites for hydroxylation is 2. The Hall–Kier alpha value is -2.82. The lowest BCUT2D eigenvalue weighted by molar-refractivity contribution is -0.142. The highest BCUT2D eigenvalue weighted by Gasteiger charge is 2.28. The summed E-state index contributed by atoms with van der Waals surface area (Å²) in [7, 11) is 1.60. The first kappa shape index (κ1) is 22.5. The lowest BCUT2D eigenvalue weighted by Crippen LogP contribution is -2.50. The molecule has 5 nitrogen and oxygen atoms in total. The van der Waals surface area contributed by atoms with E-state index in [1.807, 2.05) is 64.1 Å². The van der Waals surface area contributed by atoms with Gasteiger partial charge in [0, 0.05) is 13.6 Å². The van der Waals surface area contributed by atoms with Gasteiger partial charge in [-0.05, 0) is 61.9 Å². The van der Waals surface area contributed by atoms with Crippen LogP contribution in [0, 0.1) is 20.8 Å². The van der Waals surface area contributed by atoms with Crippen molar-refractivity contribution in [2.24, 2.45) is 0 Å². The molecule has 0 heterocycles. The minimum atomic E-state index is -0.514. The average molecular weight is 397 g/mol. The number of rotatable bonds is 9. The molecule has 0 aliphatic heterocycles. The highest BCUT2D eigenvalue weighted by Crippen LogP contribution is 2.23.